The molecule has 0 spiro atoms. The largest absolute Gasteiger partial charge is 0.495 e. The van der Waals surface area contributed by atoms with Gasteiger partial charge in [-0.1, -0.05) is 60.6 Å². The monoisotopic (exact) mass is 479 g/mol. The van der Waals surface area contributed by atoms with Crippen LogP contribution < -0.4 is 15.6 Å². The molecule has 3 aromatic carbocycles. The van der Waals surface area contributed by atoms with Crippen molar-refractivity contribution in [3.8, 4) is 11.4 Å². The summed E-state index contributed by atoms with van der Waals surface area (Å²) in [4.78, 5) is 31.3. The molecule has 1 atom stereocenters. The zero-order chi connectivity index (χ0) is 23.4. The van der Waals surface area contributed by atoms with Crippen molar-refractivity contribution in [3.05, 3.63) is 88.2 Å². The summed E-state index contributed by atoms with van der Waals surface area (Å²) in [6.45, 7) is 1.92. The fraction of sp³-hybridized carbons (Fsp3) is 0.160. The molecule has 1 unspecified atom stereocenters. The Morgan fingerprint density at radius 1 is 1.12 bits per heavy atom. The van der Waals surface area contributed by atoms with Crippen molar-refractivity contribution in [2.75, 3.05) is 12.4 Å². The number of hydrogen-bond donors (Lipinski definition) is 1. The van der Waals surface area contributed by atoms with Gasteiger partial charge in [-0.3, -0.25) is 14.2 Å². The van der Waals surface area contributed by atoms with Gasteiger partial charge in [-0.2, -0.15) is 0 Å². The van der Waals surface area contributed by atoms with Crippen LogP contribution in [0.4, 0.5) is 5.69 Å². The molecule has 1 N–H and O–H groups in total. The number of methoxy groups -OCH3 is 1. The van der Waals surface area contributed by atoms with Crippen molar-refractivity contribution >= 4 is 45.9 Å². The van der Waals surface area contributed by atoms with Crippen LogP contribution in [0.15, 0.2) is 82.7 Å². The van der Waals surface area contributed by atoms with Gasteiger partial charge in [0.05, 0.1) is 34.6 Å². The van der Waals surface area contributed by atoms with Gasteiger partial charge in [0.2, 0.25) is 5.91 Å². The van der Waals surface area contributed by atoms with Gasteiger partial charge in [0, 0.05) is 5.02 Å². The predicted octanol–water partition coefficient (Wildman–Crippen LogP) is 5.56. The molecule has 0 bridgehead atoms. The van der Waals surface area contributed by atoms with Gasteiger partial charge in [0.15, 0.2) is 5.16 Å². The molecule has 1 heterocycles. The quantitative estimate of drug-likeness (QED) is 0.277. The Labute approximate surface area is 200 Å². The number of fused-ring (bicyclic) bond motifs is 1. The van der Waals surface area contributed by atoms with Crippen molar-refractivity contribution in [1.29, 1.82) is 0 Å². The summed E-state index contributed by atoms with van der Waals surface area (Å²) >= 11 is 7.35. The third-order valence-electron chi connectivity index (χ3n) is 5.09. The Kier molecular flexibility index (Phi) is 7.01. The summed E-state index contributed by atoms with van der Waals surface area (Å²) in [5, 5.41) is 3.85. The minimum Gasteiger partial charge on any atom is -0.495 e. The Bertz CT molecular complexity index is 1360. The van der Waals surface area contributed by atoms with Crippen LogP contribution >= 0.6 is 23.4 Å². The summed E-state index contributed by atoms with van der Waals surface area (Å²) in [5.74, 6) is 0.280. The number of ether oxygens (including phenoxy) is 1. The van der Waals surface area contributed by atoms with E-state index in [4.69, 9.17) is 21.3 Å². The average molecular weight is 480 g/mol. The number of amides is 1. The fourth-order valence-electron chi connectivity index (χ4n) is 3.44. The molecule has 1 amide bonds. The maximum atomic E-state index is 13.4. The second-order valence-electron chi connectivity index (χ2n) is 7.24. The van der Waals surface area contributed by atoms with Crippen molar-refractivity contribution in [2.45, 2.75) is 23.8 Å². The molecular formula is C25H22ClN3O3S. The zero-order valence-electron chi connectivity index (χ0n) is 18.1. The second kappa shape index (κ2) is 10.1. The number of hydrogen-bond acceptors (Lipinski definition) is 5. The van der Waals surface area contributed by atoms with Crippen molar-refractivity contribution < 1.29 is 9.53 Å². The zero-order valence-corrected chi connectivity index (χ0v) is 19.7. The highest BCUT2D eigenvalue weighted by atomic mass is 35.5. The summed E-state index contributed by atoms with van der Waals surface area (Å²) in [6.07, 6.45) is 0.525. The first-order valence-corrected chi connectivity index (χ1v) is 11.7. The number of carbonyl (C=O) groups is 1. The van der Waals surface area contributed by atoms with Gasteiger partial charge in [0.1, 0.15) is 5.75 Å². The molecule has 33 heavy (non-hydrogen) atoms. The van der Waals surface area contributed by atoms with E-state index in [2.05, 4.69) is 5.32 Å². The highest BCUT2D eigenvalue weighted by Gasteiger charge is 2.23. The van der Waals surface area contributed by atoms with E-state index in [0.717, 1.165) is 0 Å². The number of benzene rings is 3. The number of carbonyl (C=O) groups excluding carboxylic acids is 1. The molecule has 0 saturated carbocycles. The first-order chi connectivity index (χ1) is 16.0. The van der Waals surface area contributed by atoms with E-state index in [1.165, 1.54) is 18.9 Å². The number of thioether (sulfide) groups is 1. The van der Waals surface area contributed by atoms with Gasteiger partial charge in [0.25, 0.3) is 5.56 Å². The second-order valence-corrected chi connectivity index (χ2v) is 8.84. The maximum absolute atomic E-state index is 13.4. The molecule has 4 aromatic rings. The Morgan fingerprint density at radius 3 is 2.58 bits per heavy atom. The minimum absolute atomic E-state index is 0.180. The molecule has 0 aliphatic carbocycles. The molecule has 1 aromatic heterocycles. The molecule has 0 fully saturated rings. The topological polar surface area (TPSA) is 73.2 Å². The highest BCUT2D eigenvalue weighted by Crippen LogP contribution is 2.31. The number of rotatable bonds is 7. The molecule has 0 aliphatic heterocycles. The van der Waals surface area contributed by atoms with Crippen molar-refractivity contribution in [1.82, 2.24) is 9.55 Å². The Hall–Kier alpha value is -3.29. The lowest BCUT2D eigenvalue weighted by molar-refractivity contribution is -0.115. The summed E-state index contributed by atoms with van der Waals surface area (Å²) in [6, 6.07) is 21.5. The molecule has 0 aliphatic rings. The minimum atomic E-state index is -0.503. The van der Waals surface area contributed by atoms with E-state index >= 15 is 0 Å². The number of para-hydroxylation sites is 2. The van der Waals surface area contributed by atoms with Gasteiger partial charge < -0.3 is 10.1 Å². The third kappa shape index (κ3) is 4.89. The SMILES string of the molecule is CCC(Sc1nc2ccccc2c(=O)n1-c1ccccc1)C(=O)Nc1cc(Cl)ccc1OC. The van der Waals surface area contributed by atoms with E-state index in [9.17, 15) is 9.59 Å². The fourth-order valence-corrected chi connectivity index (χ4v) is 4.64. The van der Waals surface area contributed by atoms with Crippen LogP contribution in [0.2, 0.25) is 5.02 Å². The van der Waals surface area contributed by atoms with E-state index in [0.29, 0.717) is 44.6 Å². The number of aromatic nitrogens is 2. The standard InChI is InChI=1S/C25H22ClN3O3S/c1-3-22(23(30)27-20-15-16(26)13-14-21(20)32-2)33-25-28-19-12-8-7-11-18(19)24(31)29(25)17-9-5-4-6-10-17/h4-15,22H,3H2,1-2H3,(H,27,30). The number of halogens is 1. The smallest absolute Gasteiger partial charge is 0.266 e. The average Bonchev–Trinajstić information content (AvgIpc) is 2.83. The Balaban J connectivity index is 1.73. The first kappa shape index (κ1) is 22.9. The van der Waals surface area contributed by atoms with E-state index in [1.54, 1.807) is 34.9 Å². The van der Waals surface area contributed by atoms with Gasteiger partial charge in [-0.05, 0) is 48.9 Å². The first-order valence-electron chi connectivity index (χ1n) is 10.4. The van der Waals surface area contributed by atoms with Gasteiger partial charge in [-0.15, -0.1) is 0 Å². The van der Waals surface area contributed by atoms with Crippen LogP contribution in [0.3, 0.4) is 0 Å². The summed E-state index contributed by atoms with van der Waals surface area (Å²) in [5.41, 5.74) is 1.58. The summed E-state index contributed by atoms with van der Waals surface area (Å²) < 4.78 is 6.89. The molecular weight excluding hydrogens is 458 g/mol. The van der Waals surface area contributed by atoms with Crippen LogP contribution in [0.5, 0.6) is 5.75 Å². The molecule has 8 heteroatoms. The van der Waals surface area contributed by atoms with Crippen LogP contribution in [0.1, 0.15) is 13.3 Å². The van der Waals surface area contributed by atoms with E-state index < -0.39 is 5.25 Å². The normalized spacial score (nSPS) is 11.8. The molecule has 6 nitrogen and oxygen atoms in total. The van der Waals surface area contributed by atoms with E-state index in [-0.39, 0.29) is 11.5 Å². The Morgan fingerprint density at radius 2 is 1.85 bits per heavy atom. The lowest BCUT2D eigenvalue weighted by Gasteiger charge is -2.19. The summed E-state index contributed by atoms with van der Waals surface area (Å²) in [7, 11) is 1.53. The molecule has 0 saturated heterocycles. The molecule has 0 radical (unpaired) electrons. The van der Waals surface area contributed by atoms with Crippen molar-refractivity contribution in [2.24, 2.45) is 0 Å². The molecule has 168 valence electrons. The van der Waals surface area contributed by atoms with Crippen LogP contribution in [0.25, 0.3) is 16.6 Å². The van der Waals surface area contributed by atoms with Gasteiger partial charge in [-0.25, -0.2) is 4.98 Å². The lowest BCUT2D eigenvalue weighted by Crippen LogP contribution is -2.27. The van der Waals surface area contributed by atoms with Crippen molar-refractivity contribution in [3.63, 3.8) is 0 Å². The number of anilines is 1. The van der Waals surface area contributed by atoms with Crippen LogP contribution in [-0.2, 0) is 4.79 Å². The number of nitrogens with zero attached hydrogens (tertiary/aromatic N) is 2. The third-order valence-corrected chi connectivity index (χ3v) is 6.64. The van der Waals surface area contributed by atoms with Gasteiger partial charge >= 0.3 is 0 Å². The number of nitrogens with one attached hydrogen (secondary N) is 1. The maximum Gasteiger partial charge on any atom is 0.266 e. The predicted molar refractivity (Wildman–Crippen MR) is 134 cm³/mol. The van der Waals surface area contributed by atoms with Crippen LogP contribution in [-0.4, -0.2) is 27.8 Å². The lowest BCUT2D eigenvalue weighted by atomic mass is 10.2. The highest BCUT2D eigenvalue weighted by molar-refractivity contribution is 8.00. The van der Waals surface area contributed by atoms with Crippen LogP contribution in [0, 0.1) is 0 Å². The van der Waals surface area contributed by atoms with E-state index in [1.807, 2.05) is 49.4 Å². The molecule has 4 rings (SSSR count).